The third kappa shape index (κ3) is 2.15. The number of hydrogen-bond acceptors (Lipinski definition) is 4. The summed E-state index contributed by atoms with van der Waals surface area (Å²) in [5, 5.41) is 3.18. The topological polar surface area (TPSA) is 55.4 Å². The Labute approximate surface area is 114 Å². The summed E-state index contributed by atoms with van der Waals surface area (Å²) in [6.07, 6.45) is 3.02. The number of rotatable bonds is 3. The van der Waals surface area contributed by atoms with Gasteiger partial charge in [-0.05, 0) is 37.8 Å². The van der Waals surface area contributed by atoms with Crippen LogP contribution in [-0.4, -0.2) is 26.8 Å². The quantitative estimate of drug-likeness (QED) is 0.921. The van der Waals surface area contributed by atoms with E-state index in [9.17, 15) is 8.42 Å². The zero-order valence-electron chi connectivity index (χ0n) is 11.2. The molecule has 2 atom stereocenters. The molecule has 1 N–H and O–H groups in total. The number of methoxy groups -OCH3 is 1. The molecule has 104 valence electrons. The fourth-order valence-corrected chi connectivity index (χ4v) is 4.57. The van der Waals surface area contributed by atoms with Crippen LogP contribution in [0.2, 0.25) is 0 Å². The minimum Gasteiger partial charge on any atom is -0.495 e. The van der Waals surface area contributed by atoms with Crippen LogP contribution >= 0.6 is 0 Å². The number of sulfone groups is 1. The van der Waals surface area contributed by atoms with E-state index >= 15 is 0 Å². The molecule has 0 radical (unpaired) electrons. The molecular formula is C14H19NO3S. The van der Waals surface area contributed by atoms with E-state index in [2.05, 4.69) is 5.32 Å². The highest BCUT2D eigenvalue weighted by Gasteiger charge is 2.40. The summed E-state index contributed by atoms with van der Waals surface area (Å²) in [7, 11) is -1.76. The minimum atomic E-state index is -3.28. The third-order valence-electron chi connectivity index (χ3n) is 4.00. The number of benzene rings is 1. The molecule has 1 heterocycles. The molecule has 0 saturated heterocycles. The monoisotopic (exact) mass is 281 g/mol. The zero-order valence-corrected chi connectivity index (χ0v) is 12.0. The summed E-state index contributed by atoms with van der Waals surface area (Å²) in [6.45, 7) is 1.78. The first-order chi connectivity index (χ1) is 9.04. The van der Waals surface area contributed by atoms with Crippen molar-refractivity contribution in [2.24, 2.45) is 0 Å². The Bertz CT molecular complexity index is 593. The average Bonchev–Trinajstić information content (AvgIpc) is 3.19. The van der Waals surface area contributed by atoms with Crippen molar-refractivity contribution in [3.63, 3.8) is 0 Å². The zero-order chi connectivity index (χ0) is 13.6. The Morgan fingerprint density at radius 3 is 2.68 bits per heavy atom. The molecule has 4 nitrogen and oxygen atoms in total. The molecule has 2 unspecified atom stereocenters. The molecule has 5 heteroatoms. The summed E-state index contributed by atoms with van der Waals surface area (Å²) < 4.78 is 30.3. The Kier molecular flexibility index (Phi) is 3.06. The van der Waals surface area contributed by atoms with Crippen molar-refractivity contribution in [3.8, 4) is 5.75 Å². The number of nitrogens with one attached hydrogen (secondary N) is 1. The van der Waals surface area contributed by atoms with E-state index in [0.717, 1.165) is 5.56 Å². The number of hydrogen-bond donors (Lipinski definition) is 1. The van der Waals surface area contributed by atoms with Crippen molar-refractivity contribution in [2.45, 2.75) is 48.4 Å². The van der Waals surface area contributed by atoms with Gasteiger partial charge in [-0.2, -0.15) is 0 Å². The van der Waals surface area contributed by atoms with Gasteiger partial charge in [0.2, 0.25) is 0 Å². The van der Waals surface area contributed by atoms with Crippen molar-refractivity contribution in [1.29, 1.82) is 0 Å². The fourth-order valence-electron chi connectivity index (χ4n) is 2.75. The van der Waals surface area contributed by atoms with E-state index in [4.69, 9.17) is 4.74 Å². The van der Waals surface area contributed by atoms with Gasteiger partial charge in [0.15, 0.2) is 9.84 Å². The molecule has 0 amide bonds. The molecule has 0 aromatic heterocycles. The van der Waals surface area contributed by atoms with Gasteiger partial charge in [-0.25, -0.2) is 8.42 Å². The van der Waals surface area contributed by atoms with Gasteiger partial charge in [0.1, 0.15) is 10.6 Å². The second-order valence-corrected chi connectivity index (χ2v) is 7.77. The molecule has 19 heavy (non-hydrogen) atoms. The van der Waals surface area contributed by atoms with E-state index in [1.54, 1.807) is 13.0 Å². The van der Waals surface area contributed by atoms with Crippen LogP contribution in [-0.2, 0) is 9.84 Å². The van der Waals surface area contributed by atoms with Gasteiger partial charge >= 0.3 is 0 Å². The van der Waals surface area contributed by atoms with Gasteiger partial charge in [0, 0.05) is 12.1 Å². The molecule has 1 aliphatic heterocycles. The van der Waals surface area contributed by atoms with Gasteiger partial charge in [-0.15, -0.1) is 0 Å². The third-order valence-corrected chi connectivity index (χ3v) is 6.26. The largest absolute Gasteiger partial charge is 0.495 e. The van der Waals surface area contributed by atoms with Crippen LogP contribution in [0.4, 0.5) is 0 Å². The van der Waals surface area contributed by atoms with E-state index in [1.165, 1.54) is 20.0 Å². The smallest absolute Gasteiger partial charge is 0.185 e. The second-order valence-electron chi connectivity index (χ2n) is 5.46. The van der Waals surface area contributed by atoms with Crippen LogP contribution in [0.5, 0.6) is 5.75 Å². The molecule has 1 saturated carbocycles. The predicted molar refractivity (Wildman–Crippen MR) is 73.2 cm³/mol. The normalized spacial score (nSPS) is 28.7. The van der Waals surface area contributed by atoms with E-state index in [1.807, 2.05) is 12.1 Å². The molecule has 1 fully saturated rings. The van der Waals surface area contributed by atoms with Crippen LogP contribution in [0.15, 0.2) is 23.1 Å². The first-order valence-electron chi connectivity index (χ1n) is 6.71. The van der Waals surface area contributed by atoms with E-state index in [0.29, 0.717) is 23.1 Å². The second kappa shape index (κ2) is 4.49. The van der Waals surface area contributed by atoms with Crippen LogP contribution in [0, 0.1) is 0 Å². The summed E-state index contributed by atoms with van der Waals surface area (Å²) in [6, 6.07) is 6.17. The van der Waals surface area contributed by atoms with Crippen LogP contribution < -0.4 is 10.1 Å². The molecule has 1 aromatic rings. The van der Waals surface area contributed by atoms with Gasteiger partial charge in [-0.1, -0.05) is 12.1 Å². The molecule has 3 rings (SSSR count). The van der Waals surface area contributed by atoms with Gasteiger partial charge in [0.25, 0.3) is 0 Å². The summed E-state index contributed by atoms with van der Waals surface area (Å²) in [5.41, 5.74) is 0.865. The number of fused-ring (bicyclic) bond motifs is 1. The van der Waals surface area contributed by atoms with Crippen molar-refractivity contribution >= 4 is 9.84 Å². The highest BCUT2D eigenvalue weighted by Crippen LogP contribution is 2.42. The maximum absolute atomic E-state index is 12.5. The van der Waals surface area contributed by atoms with Crippen molar-refractivity contribution in [1.82, 2.24) is 5.32 Å². The SMILES string of the molecule is COc1cccc2c1S(=O)(=O)C(C)CC2NC1CC1. The van der Waals surface area contributed by atoms with E-state index < -0.39 is 9.84 Å². The maximum Gasteiger partial charge on any atom is 0.185 e. The Morgan fingerprint density at radius 2 is 2.05 bits per heavy atom. The van der Waals surface area contributed by atoms with Gasteiger partial charge in [0.05, 0.1) is 12.4 Å². The first kappa shape index (κ1) is 12.9. The van der Waals surface area contributed by atoms with Crippen LogP contribution in [0.25, 0.3) is 0 Å². The molecular weight excluding hydrogens is 262 g/mol. The lowest BCUT2D eigenvalue weighted by molar-refractivity contribution is 0.391. The molecule has 1 aromatic carbocycles. The summed E-state index contributed by atoms with van der Waals surface area (Å²) in [5.74, 6) is 0.464. The average molecular weight is 281 g/mol. The van der Waals surface area contributed by atoms with Gasteiger partial charge < -0.3 is 10.1 Å². The highest BCUT2D eigenvalue weighted by molar-refractivity contribution is 7.92. The highest BCUT2D eigenvalue weighted by atomic mass is 32.2. The van der Waals surface area contributed by atoms with Crippen molar-refractivity contribution < 1.29 is 13.2 Å². The lowest BCUT2D eigenvalue weighted by atomic mass is 10.0. The lowest BCUT2D eigenvalue weighted by Crippen LogP contribution is -2.35. The molecule has 0 bridgehead atoms. The Hall–Kier alpha value is -1.07. The number of ether oxygens (including phenoxy) is 1. The molecule has 0 spiro atoms. The lowest BCUT2D eigenvalue weighted by Gasteiger charge is -2.31. The molecule has 1 aliphatic carbocycles. The Balaban J connectivity index is 2.12. The first-order valence-corrected chi connectivity index (χ1v) is 8.25. The van der Waals surface area contributed by atoms with Gasteiger partial charge in [-0.3, -0.25) is 0 Å². The van der Waals surface area contributed by atoms with E-state index in [-0.39, 0.29) is 11.3 Å². The summed E-state index contributed by atoms with van der Waals surface area (Å²) in [4.78, 5) is 0.384. The van der Waals surface area contributed by atoms with Crippen molar-refractivity contribution in [3.05, 3.63) is 23.8 Å². The van der Waals surface area contributed by atoms with Crippen molar-refractivity contribution in [2.75, 3.05) is 7.11 Å². The predicted octanol–water partition coefficient (Wildman–Crippen LogP) is 2.05. The summed E-state index contributed by atoms with van der Waals surface area (Å²) >= 11 is 0. The van der Waals surface area contributed by atoms with Crippen LogP contribution in [0.3, 0.4) is 0 Å². The fraction of sp³-hybridized carbons (Fsp3) is 0.571. The Morgan fingerprint density at radius 1 is 1.32 bits per heavy atom. The molecule has 2 aliphatic rings. The minimum absolute atomic E-state index is 0.121. The standard InChI is InChI=1S/C14H19NO3S/c1-9-8-12(15-10-6-7-10)11-4-3-5-13(18-2)14(11)19(9,16)17/h3-5,9-10,12,15H,6-8H2,1-2H3. The van der Waals surface area contributed by atoms with Crippen LogP contribution in [0.1, 0.15) is 37.8 Å². The maximum atomic E-state index is 12.5.